The number of benzene rings is 2. The summed E-state index contributed by atoms with van der Waals surface area (Å²) in [5.74, 6) is -1.13. The van der Waals surface area contributed by atoms with Crippen LogP contribution < -0.4 is 15.8 Å². The topological polar surface area (TPSA) is 98.5 Å². The molecule has 0 fully saturated rings. The number of esters is 1. The van der Waals surface area contributed by atoms with Crippen molar-refractivity contribution in [3.05, 3.63) is 63.2 Å². The van der Waals surface area contributed by atoms with E-state index in [2.05, 4.69) is 27.9 Å². The molecule has 25 heavy (non-hydrogen) atoms. The summed E-state index contributed by atoms with van der Waals surface area (Å²) in [6.45, 7) is 1.29. The van der Waals surface area contributed by atoms with Gasteiger partial charge < -0.3 is 15.8 Å². The van der Waals surface area contributed by atoms with E-state index in [1.807, 2.05) is 24.3 Å². The molecule has 7 heteroatoms. The molecule has 0 saturated carbocycles. The van der Waals surface area contributed by atoms with E-state index < -0.39 is 23.8 Å². The van der Waals surface area contributed by atoms with Crippen LogP contribution in [-0.2, 0) is 16.0 Å². The van der Waals surface area contributed by atoms with Gasteiger partial charge >= 0.3 is 5.97 Å². The largest absolute Gasteiger partial charge is 0.427 e. The second-order valence-electron chi connectivity index (χ2n) is 5.38. The zero-order chi connectivity index (χ0) is 18.4. The van der Waals surface area contributed by atoms with Crippen molar-refractivity contribution >= 4 is 40.4 Å². The first-order valence-corrected chi connectivity index (χ1v) is 8.56. The van der Waals surface area contributed by atoms with Gasteiger partial charge in [0.1, 0.15) is 11.8 Å². The van der Waals surface area contributed by atoms with Gasteiger partial charge in [-0.05, 0) is 64.6 Å². The molecule has 2 amide bonds. The summed E-state index contributed by atoms with van der Waals surface area (Å²) in [4.78, 5) is 34.9. The maximum Gasteiger partial charge on any atom is 0.308 e. The van der Waals surface area contributed by atoms with Crippen LogP contribution in [-0.4, -0.2) is 23.8 Å². The smallest absolute Gasteiger partial charge is 0.308 e. The van der Waals surface area contributed by atoms with Crippen LogP contribution in [0.2, 0.25) is 0 Å². The monoisotopic (exact) mass is 452 g/mol. The Kier molecular flexibility index (Phi) is 6.51. The Balaban J connectivity index is 2.05. The van der Waals surface area contributed by atoms with Crippen LogP contribution in [0.15, 0.2) is 48.5 Å². The lowest BCUT2D eigenvalue weighted by atomic mass is 10.0. The van der Waals surface area contributed by atoms with E-state index >= 15 is 0 Å². The number of amides is 2. The molecule has 1 atom stereocenters. The first-order valence-electron chi connectivity index (χ1n) is 7.48. The van der Waals surface area contributed by atoms with Crippen molar-refractivity contribution in [1.82, 2.24) is 5.32 Å². The SMILES string of the molecule is CC(=O)Oc1ccc(C(=O)N[C@H](Cc2ccc(I)cc2)C(N)=O)cc1. The molecular formula is C18H17IN2O4. The molecule has 0 radical (unpaired) electrons. The fourth-order valence-electron chi connectivity index (χ4n) is 2.16. The molecule has 0 saturated heterocycles. The highest BCUT2D eigenvalue weighted by Crippen LogP contribution is 2.13. The first-order chi connectivity index (χ1) is 11.8. The van der Waals surface area contributed by atoms with Gasteiger partial charge in [0.05, 0.1) is 0 Å². The normalized spacial score (nSPS) is 11.4. The van der Waals surface area contributed by atoms with Crippen molar-refractivity contribution in [2.45, 2.75) is 19.4 Å². The molecule has 3 N–H and O–H groups in total. The van der Waals surface area contributed by atoms with Crippen LogP contribution in [0.3, 0.4) is 0 Å². The van der Waals surface area contributed by atoms with Crippen molar-refractivity contribution in [2.24, 2.45) is 5.73 Å². The number of hydrogen-bond donors (Lipinski definition) is 2. The van der Waals surface area contributed by atoms with Crippen LogP contribution in [0.25, 0.3) is 0 Å². The second-order valence-corrected chi connectivity index (χ2v) is 6.62. The first kappa shape index (κ1) is 18.9. The minimum atomic E-state index is -0.819. The molecule has 0 unspecified atom stereocenters. The zero-order valence-corrected chi connectivity index (χ0v) is 15.6. The standard InChI is InChI=1S/C18H17IN2O4/c1-11(22)25-15-8-4-13(5-9-15)18(24)21-16(17(20)23)10-12-2-6-14(19)7-3-12/h2-9,16H,10H2,1H3,(H2,20,23)(H,21,24)/t16-/m1/s1. The third kappa shape index (κ3) is 5.86. The molecule has 0 bridgehead atoms. The van der Waals surface area contributed by atoms with Gasteiger partial charge in [-0.3, -0.25) is 14.4 Å². The summed E-state index contributed by atoms with van der Waals surface area (Å²) in [5, 5.41) is 2.63. The second kappa shape index (κ2) is 8.61. The molecule has 0 spiro atoms. The number of nitrogens with two attached hydrogens (primary N) is 1. The average molecular weight is 452 g/mol. The Morgan fingerprint density at radius 1 is 1.08 bits per heavy atom. The van der Waals surface area contributed by atoms with Crippen LogP contribution in [0.5, 0.6) is 5.75 Å². The Morgan fingerprint density at radius 3 is 2.20 bits per heavy atom. The van der Waals surface area contributed by atoms with Crippen molar-refractivity contribution in [1.29, 1.82) is 0 Å². The minimum absolute atomic E-state index is 0.309. The summed E-state index contributed by atoms with van der Waals surface area (Å²) in [7, 11) is 0. The molecule has 0 aliphatic carbocycles. The molecule has 2 aromatic carbocycles. The van der Waals surface area contributed by atoms with Gasteiger partial charge in [-0.2, -0.15) is 0 Å². The van der Waals surface area contributed by atoms with E-state index in [1.165, 1.54) is 31.2 Å². The van der Waals surface area contributed by atoms with Crippen LogP contribution >= 0.6 is 22.6 Å². The highest BCUT2D eigenvalue weighted by Gasteiger charge is 2.19. The van der Waals surface area contributed by atoms with E-state index in [9.17, 15) is 14.4 Å². The van der Waals surface area contributed by atoms with Crippen LogP contribution in [0.1, 0.15) is 22.8 Å². The number of ether oxygens (including phenoxy) is 1. The van der Waals surface area contributed by atoms with E-state index in [4.69, 9.17) is 10.5 Å². The van der Waals surface area contributed by atoms with Crippen LogP contribution in [0, 0.1) is 3.57 Å². The number of rotatable bonds is 6. The highest BCUT2D eigenvalue weighted by molar-refractivity contribution is 14.1. The van der Waals surface area contributed by atoms with Crippen molar-refractivity contribution in [2.75, 3.05) is 0 Å². The number of halogens is 1. The third-order valence-electron chi connectivity index (χ3n) is 3.38. The molecule has 0 aliphatic heterocycles. The molecule has 6 nitrogen and oxygen atoms in total. The number of nitrogens with one attached hydrogen (secondary N) is 1. The molecule has 2 aromatic rings. The van der Waals surface area contributed by atoms with E-state index in [0.717, 1.165) is 9.13 Å². The maximum atomic E-state index is 12.3. The number of primary amides is 1. The summed E-state index contributed by atoms with van der Waals surface area (Å²) in [6.07, 6.45) is 0.309. The summed E-state index contributed by atoms with van der Waals surface area (Å²) >= 11 is 2.19. The summed E-state index contributed by atoms with van der Waals surface area (Å²) < 4.78 is 5.99. The van der Waals surface area contributed by atoms with Crippen molar-refractivity contribution in [3.63, 3.8) is 0 Å². The van der Waals surface area contributed by atoms with Crippen LogP contribution in [0.4, 0.5) is 0 Å². The van der Waals surface area contributed by atoms with E-state index in [0.29, 0.717) is 17.7 Å². The maximum absolute atomic E-state index is 12.3. The van der Waals surface area contributed by atoms with Crippen molar-refractivity contribution < 1.29 is 19.1 Å². The van der Waals surface area contributed by atoms with Gasteiger partial charge in [0, 0.05) is 22.5 Å². The van der Waals surface area contributed by atoms with E-state index in [1.54, 1.807) is 0 Å². The van der Waals surface area contributed by atoms with Crippen molar-refractivity contribution in [3.8, 4) is 5.75 Å². The molecular weight excluding hydrogens is 435 g/mol. The molecule has 0 aliphatic rings. The number of carbonyl (C=O) groups is 3. The number of carbonyl (C=O) groups excluding carboxylic acids is 3. The van der Waals surface area contributed by atoms with Gasteiger partial charge in [0.25, 0.3) is 5.91 Å². The summed E-state index contributed by atoms with van der Waals surface area (Å²) in [6, 6.07) is 12.8. The van der Waals surface area contributed by atoms with Gasteiger partial charge in [0.15, 0.2) is 0 Å². The van der Waals surface area contributed by atoms with Gasteiger partial charge in [-0.15, -0.1) is 0 Å². The zero-order valence-electron chi connectivity index (χ0n) is 13.5. The lowest BCUT2D eigenvalue weighted by Crippen LogP contribution is -2.45. The van der Waals surface area contributed by atoms with E-state index in [-0.39, 0.29) is 0 Å². The Morgan fingerprint density at radius 2 is 1.68 bits per heavy atom. The number of hydrogen-bond acceptors (Lipinski definition) is 4. The lowest BCUT2D eigenvalue weighted by Gasteiger charge is -2.16. The average Bonchev–Trinajstić information content (AvgIpc) is 2.56. The minimum Gasteiger partial charge on any atom is -0.427 e. The third-order valence-corrected chi connectivity index (χ3v) is 4.10. The molecule has 0 aromatic heterocycles. The Hall–Kier alpha value is -2.42. The molecule has 130 valence electrons. The Labute approximate surface area is 158 Å². The van der Waals surface area contributed by atoms with Gasteiger partial charge in [-0.1, -0.05) is 12.1 Å². The highest BCUT2D eigenvalue weighted by atomic mass is 127. The predicted octanol–water partition coefficient (Wildman–Crippen LogP) is 2.04. The quantitative estimate of drug-likeness (QED) is 0.398. The fraction of sp³-hybridized carbons (Fsp3) is 0.167. The lowest BCUT2D eigenvalue weighted by molar-refractivity contribution is -0.131. The summed E-state index contributed by atoms with van der Waals surface area (Å²) in [5.41, 5.74) is 6.64. The molecule has 2 rings (SSSR count). The molecule has 0 heterocycles. The Bertz CT molecular complexity index is 773. The predicted molar refractivity (Wildman–Crippen MR) is 101 cm³/mol. The van der Waals surface area contributed by atoms with Gasteiger partial charge in [0.2, 0.25) is 5.91 Å². The fourth-order valence-corrected chi connectivity index (χ4v) is 2.52. The van der Waals surface area contributed by atoms with Gasteiger partial charge in [-0.25, -0.2) is 0 Å².